The predicted molar refractivity (Wildman–Crippen MR) is 143 cm³/mol. The molecule has 0 radical (unpaired) electrons. The van der Waals surface area contributed by atoms with Crippen LogP contribution in [0.25, 0.3) is 0 Å². The van der Waals surface area contributed by atoms with Crippen molar-refractivity contribution in [2.24, 2.45) is 0 Å². The zero-order valence-corrected chi connectivity index (χ0v) is 22.5. The van der Waals surface area contributed by atoms with Gasteiger partial charge in [0.15, 0.2) is 0 Å². The van der Waals surface area contributed by atoms with E-state index in [0.29, 0.717) is 25.7 Å². The van der Waals surface area contributed by atoms with Crippen molar-refractivity contribution in [1.82, 2.24) is 10.2 Å². The highest BCUT2D eigenvalue weighted by Crippen LogP contribution is 2.36. The zero-order chi connectivity index (χ0) is 29.6. The van der Waals surface area contributed by atoms with Crippen LogP contribution in [0.2, 0.25) is 0 Å². The van der Waals surface area contributed by atoms with Crippen molar-refractivity contribution in [1.29, 1.82) is 0 Å². The smallest absolute Gasteiger partial charge is 0.416 e. The number of nitrogens with one attached hydrogen (secondary N) is 1. The molecule has 1 aliphatic heterocycles. The summed E-state index contributed by atoms with van der Waals surface area (Å²) in [6, 6.07) is 19.8. The number of likely N-dealkylation sites (tertiary alicyclic amines) is 1. The van der Waals surface area contributed by atoms with Gasteiger partial charge in [0.1, 0.15) is 6.61 Å². The molecular weight excluding hydrogens is 546 g/mol. The third kappa shape index (κ3) is 8.25. The predicted octanol–water partition coefficient (Wildman–Crippen LogP) is 8.00. The average molecular weight is 579 g/mol. The molecule has 0 spiro atoms. The molecule has 41 heavy (non-hydrogen) atoms. The molecule has 1 amide bonds. The molecule has 0 aromatic heterocycles. The topological polar surface area (TPSA) is 41.6 Å². The molecule has 0 aliphatic carbocycles. The number of piperidine rings is 1. The van der Waals surface area contributed by atoms with Crippen LogP contribution in [0.5, 0.6) is 0 Å². The summed E-state index contributed by atoms with van der Waals surface area (Å²) in [7, 11) is 0. The molecule has 0 saturated carbocycles. The molecule has 3 atom stereocenters. The second-order valence-electron chi connectivity index (χ2n) is 10.3. The fraction of sp³-hybridized carbons (Fsp3) is 0.387. The van der Waals surface area contributed by atoms with Crippen molar-refractivity contribution >= 4 is 6.09 Å². The number of ether oxygens (including phenoxy) is 1. The van der Waals surface area contributed by atoms with Crippen molar-refractivity contribution in [3.63, 3.8) is 0 Å². The molecule has 1 aliphatic rings. The Balaban J connectivity index is 1.53. The Labute approximate surface area is 235 Å². The van der Waals surface area contributed by atoms with E-state index in [2.05, 4.69) is 5.32 Å². The van der Waals surface area contributed by atoms with E-state index in [1.165, 1.54) is 0 Å². The number of carbonyl (C=O) groups excluding carboxylic acids is 1. The van der Waals surface area contributed by atoms with E-state index in [1.807, 2.05) is 67.6 Å². The molecule has 4 nitrogen and oxygen atoms in total. The third-order valence-corrected chi connectivity index (χ3v) is 7.34. The molecule has 3 aromatic carbocycles. The van der Waals surface area contributed by atoms with Gasteiger partial charge in [0.25, 0.3) is 0 Å². The molecule has 0 bridgehead atoms. The number of hydrogen-bond donors (Lipinski definition) is 1. The van der Waals surface area contributed by atoms with Crippen LogP contribution < -0.4 is 5.32 Å². The lowest BCUT2D eigenvalue weighted by Gasteiger charge is -2.45. The molecular formula is C31H32F6N2O2. The summed E-state index contributed by atoms with van der Waals surface area (Å²) in [5.74, 6) is 0. The van der Waals surface area contributed by atoms with Crippen LogP contribution in [-0.4, -0.2) is 29.1 Å². The van der Waals surface area contributed by atoms with E-state index < -0.39 is 29.6 Å². The maximum atomic E-state index is 13.4. The minimum atomic E-state index is -4.91. The number of benzene rings is 3. The van der Waals surface area contributed by atoms with Gasteiger partial charge in [0.05, 0.1) is 11.1 Å². The van der Waals surface area contributed by atoms with Crippen molar-refractivity contribution in [2.75, 3.05) is 0 Å². The largest absolute Gasteiger partial charge is 0.445 e. The zero-order valence-electron chi connectivity index (χ0n) is 22.5. The van der Waals surface area contributed by atoms with E-state index in [1.54, 1.807) is 4.90 Å². The second kappa shape index (κ2) is 13.0. The summed E-state index contributed by atoms with van der Waals surface area (Å²) in [4.78, 5) is 15.1. The number of carbonyl (C=O) groups is 1. The summed E-state index contributed by atoms with van der Waals surface area (Å²) in [6.07, 6.45) is -8.20. The summed E-state index contributed by atoms with van der Waals surface area (Å²) in [5, 5.41) is 3.18. The van der Waals surface area contributed by atoms with Gasteiger partial charge in [-0.05, 0) is 60.6 Å². The first-order valence-electron chi connectivity index (χ1n) is 13.5. The Hall–Kier alpha value is -3.53. The Bertz CT molecular complexity index is 1250. The molecule has 220 valence electrons. The number of amides is 1. The summed E-state index contributed by atoms with van der Waals surface area (Å²) in [5.41, 5.74) is -0.933. The van der Waals surface area contributed by atoms with Crippen molar-refractivity contribution in [3.05, 3.63) is 107 Å². The van der Waals surface area contributed by atoms with Gasteiger partial charge in [-0.2, -0.15) is 26.3 Å². The van der Waals surface area contributed by atoms with Gasteiger partial charge in [-0.15, -0.1) is 0 Å². The SMILES string of the molecule is CC[C@@H]1C[C@H](NCc2cc(C(F)(F)F)cc(C(F)(F)F)c2)C[C@H](Cc2ccccc2)N1C(=O)OCc1ccccc1. The van der Waals surface area contributed by atoms with E-state index in [-0.39, 0.29) is 42.9 Å². The van der Waals surface area contributed by atoms with Gasteiger partial charge in [0, 0.05) is 24.7 Å². The standard InChI is InChI=1S/C31H32F6N2O2/c1-2-27-17-26(38-19-23-13-24(30(32,33)34)16-25(14-23)31(35,36)37)18-28(15-21-9-5-3-6-10-21)39(27)29(40)41-20-22-11-7-4-8-12-22/h3-14,16,26-28,38H,2,15,17-20H2,1H3/t26-,27+,28-/m0/s1. The van der Waals surface area contributed by atoms with Crippen LogP contribution in [0.3, 0.4) is 0 Å². The van der Waals surface area contributed by atoms with Gasteiger partial charge in [-0.25, -0.2) is 4.79 Å². The Morgan fingerprint density at radius 3 is 1.88 bits per heavy atom. The number of rotatable bonds is 8. The maximum Gasteiger partial charge on any atom is 0.416 e. The Morgan fingerprint density at radius 1 is 0.805 bits per heavy atom. The fourth-order valence-corrected chi connectivity index (χ4v) is 5.35. The van der Waals surface area contributed by atoms with E-state index in [9.17, 15) is 31.1 Å². The van der Waals surface area contributed by atoms with Gasteiger partial charge >= 0.3 is 18.4 Å². The van der Waals surface area contributed by atoms with Crippen LogP contribution in [0.1, 0.15) is 54.0 Å². The summed E-state index contributed by atoms with van der Waals surface area (Å²) in [6.45, 7) is 1.88. The Morgan fingerprint density at radius 2 is 1.34 bits per heavy atom. The van der Waals surface area contributed by atoms with Crippen LogP contribution >= 0.6 is 0 Å². The van der Waals surface area contributed by atoms with Crippen LogP contribution in [-0.2, 0) is 36.7 Å². The molecule has 3 aromatic rings. The summed E-state index contributed by atoms with van der Waals surface area (Å²) < 4.78 is 85.7. The fourth-order valence-electron chi connectivity index (χ4n) is 5.35. The molecule has 4 rings (SSSR count). The third-order valence-electron chi connectivity index (χ3n) is 7.34. The highest BCUT2D eigenvalue weighted by atomic mass is 19.4. The first-order valence-corrected chi connectivity index (χ1v) is 13.5. The highest BCUT2D eigenvalue weighted by molar-refractivity contribution is 5.69. The van der Waals surface area contributed by atoms with Crippen molar-refractivity contribution in [3.8, 4) is 0 Å². The summed E-state index contributed by atoms with van der Waals surface area (Å²) >= 11 is 0. The first-order chi connectivity index (χ1) is 19.4. The van der Waals surface area contributed by atoms with Crippen molar-refractivity contribution < 1.29 is 35.9 Å². The van der Waals surface area contributed by atoms with Gasteiger partial charge in [0.2, 0.25) is 0 Å². The Kier molecular flexibility index (Phi) is 9.63. The molecule has 1 saturated heterocycles. The van der Waals surface area contributed by atoms with E-state index >= 15 is 0 Å². The second-order valence-corrected chi connectivity index (χ2v) is 10.3. The molecule has 1 N–H and O–H groups in total. The molecule has 10 heteroatoms. The minimum Gasteiger partial charge on any atom is -0.445 e. The maximum absolute atomic E-state index is 13.4. The normalized spacial score (nSPS) is 19.7. The number of alkyl halides is 6. The van der Waals surface area contributed by atoms with Gasteiger partial charge in [-0.3, -0.25) is 0 Å². The van der Waals surface area contributed by atoms with Crippen molar-refractivity contribution in [2.45, 2.75) is 76.2 Å². The van der Waals surface area contributed by atoms with Gasteiger partial charge < -0.3 is 15.0 Å². The van der Waals surface area contributed by atoms with Crippen LogP contribution in [0, 0.1) is 0 Å². The van der Waals surface area contributed by atoms with E-state index in [4.69, 9.17) is 4.74 Å². The molecule has 1 fully saturated rings. The minimum absolute atomic E-state index is 0.107. The molecule has 0 unspecified atom stereocenters. The van der Waals surface area contributed by atoms with Crippen LogP contribution in [0.4, 0.5) is 31.1 Å². The monoisotopic (exact) mass is 578 g/mol. The number of halogens is 6. The highest BCUT2D eigenvalue weighted by Gasteiger charge is 2.39. The quantitative estimate of drug-likeness (QED) is 0.276. The lowest BCUT2D eigenvalue weighted by atomic mass is 9.87. The van der Waals surface area contributed by atoms with Gasteiger partial charge in [-0.1, -0.05) is 67.6 Å². The lowest BCUT2D eigenvalue weighted by Crippen LogP contribution is -2.56. The average Bonchev–Trinajstić information content (AvgIpc) is 2.94. The number of nitrogens with zero attached hydrogens (tertiary/aromatic N) is 1. The van der Waals surface area contributed by atoms with Crippen LogP contribution in [0.15, 0.2) is 78.9 Å². The van der Waals surface area contributed by atoms with E-state index in [0.717, 1.165) is 23.3 Å². The number of hydrogen-bond acceptors (Lipinski definition) is 3. The molecule has 1 heterocycles. The first kappa shape index (κ1) is 30.4. The lowest BCUT2D eigenvalue weighted by molar-refractivity contribution is -0.143.